The van der Waals surface area contributed by atoms with E-state index in [4.69, 9.17) is 10.2 Å². The summed E-state index contributed by atoms with van der Waals surface area (Å²) < 4.78 is 19.3. The number of hydrogen-bond donors (Lipinski definition) is 1. The van der Waals surface area contributed by atoms with Gasteiger partial charge in [0.05, 0.1) is 6.04 Å². The van der Waals surface area contributed by atoms with Crippen LogP contribution in [0.25, 0.3) is 11.0 Å². The highest BCUT2D eigenvalue weighted by Crippen LogP contribution is 2.27. The number of fused-ring (bicyclic) bond motifs is 1. The van der Waals surface area contributed by atoms with Crippen LogP contribution in [0, 0.1) is 19.7 Å². The van der Waals surface area contributed by atoms with Gasteiger partial charge in [-0.25, -0.2) is 4.39 Å². The van der Waals surface area contributed by atoms with E-state index in [2.05, 4.69) is 32.0 Å². The van der Waals surface area contributed by atoms with Gasteiger partial charge in [0.15, 0.2) is 11.4 Å². The lowest BCUT2D eigenvalue weighted by Crippen LogP contribution is -2.13. The highest BCUT2D eigenvalue weighted by atomic mass is 19.1. The molecule has 108 valence electrons. The number of aryl methyl sites for hydroxylation is 2. The van der Waals surface area contributed by atoms with E-state index in [0.29, 0.717) is 12.2 Å². The number of furan rings is 1. The Morgan fingerprint density at radius 3 is 2.71 bits per heavy atom. The Labute approximate surface area is 123 Å². The number of halogens is 1. The van der Waals surface area contributed by atoms with Crippen molar-refractivity contribution in [1.29, 1.82) is 0 Å². The van der Waals surface area contributed by atoms with Gasteiger partial charge in [-0.3, -0.25) is 0 Å². The topological polar surface area (TPSA) is 39.2 Å². The highest BCUT2D eigenvalue weighted by Gasteiger charge is 2.15. The first-order valence-electron chi connectivity index (χ1n) is 7.04. The van der Waals surface area contributed by atoms with Crippen LogP contribution in [0.1, 0.15) is 28.5 Å². The van der Waals surface area contributed by atoms with E-state index < -0.39 is 0 Å². The van der Waals surface area contributed by atoms with E-state index in [-0.39, 0.29) is 17.4 Å². The smallest absolute Gasteiger partial charge is 0.169 e. The zero-order valence-electron chi connectivity index (χ0n) is 12.2. The summed E-state index contributed by atoms with van der Waals surface area (Å²) in [6, 6.07) is 12.8. The Morgan fingerprint density at radius 2 is 1.95 bits per heavy atom. The lowest BCUT2D eigenvalue weighted by molar-refractivity contribution is 0.478. The molecule has 0 saturated heterocycles. The molecule has 0 radical (unpaired) electrons. The quantitative estimate of drug-likeness (QED) is 0.772. The maximum absolute atomic E-state index is 13.7. The van der Waals surface area contributed by atoms with Crippen molar-refractivity contribution in [3.63, 3.8) is 0 Å². The Morgan fingerprint density at radius 1 is 1.14 bits per heavy atom. The summed E-state index contributed by atoms with van der Waals surface area (Å²) in [7, 11) is 0. The molecule has 0 spiro atoms. The molecule has 2 N–H and O–H groups in total. The summed E-state index contributed by atoms with van der Waals surface area (Å²) in [6.07, 6.45) is 0.676. The largest absolute Gasteiger partial charge is 0.456 e. The molecule has 0 fully saturated rings. The molecule has 0 bridgehead atoms. The average molecular weight is 283 g/mol. The third kappa shape index (κ3) is 2.69. The third-order valence-corrected chi connectivity index (χ3v) is 3.83. The van der Waals surface area contributed by atoms with Crippen molar-refractivity contribution >= 4 is 11.0 Å². The van der Waals surface area contributed by atoms with E-state index in [1.165, 1.54) is 22.8 Å². The fourth-order valence-electron chi connectivity index (χ4n) is 2.59. The second-order valence-corrected chi connectivity index (χ2v) is 5.55. The number of nitrogens with two attached hydrogens (primary N) is 1. The summed E-state index contributed by atoms with van der Waals surface area (Å²) in [6.45, 7) is 4.13. The maximum atomic E-state index is 13.7. The Kier molecular flexibility index (Phi) is 3.52. The van der Waals surface area contributed by atoms with Gasteiger partial charge in [0.25, 0.3) is 0 Å². The second-order valence-electron chi connectivity index (χ2n) is 5.55. The Bertz CT molecular complexity index is 791. The van der Waals surface area contributed by atoms with E-state index in [1.54, 1.807) is 6.07 Å². The van der Waals surface area contributed by atoms with Crippen molar-refractivity contribution in [3.8, 4) is 0 Å². The summed E-state index contributed by atoms with van der Waals surface area (Å²) >= 11 is 0. The third-order valence-electron chi connectivity index (χ3n) is 3.83. The van der Waals surface area contributed by atoms with Gasteiger partial charge in [0, 0.05) is 5.39 Å². The van der Waals surface area contributed by atoms with Gasteiger partial charge in [-0.05, 0) is 43.5 Å². The molecule has 3 rings (SSSR count). The molecule has 0 aliphatic carbocycles. The van der Waals surface area contributed by atoms with E-state index in [0.717, 1.165) is 5.39 Å². The van der Waals surface area contributed by atoms with Crippen molar-refractivity contribution in [2.45, 2.75) is 26.3 Å². The Hall–Kier alpha value is -2.13. The summed E-state index contributed by atoms with van der Waals surface area (Å²) in [5.74, 6) is 0.272. The number of para-hydroxylation sites is 1. The highest BCUT2D eigenvalue weighted by molar-refractivity contribution is 5.78. The van der Waals surface area contributed by atoms with Crippen molar-refractivity contribution in [2.24, 2.45) is 5.73 Å². The van der Waals surface area contributed by atoms with Gasteiger partial charge in [0.2, 0.25) is 0 Å². The molecule has 1 atom stereocenters. The van der Waals surface area contributed by atoms with Crippen LogP contribution >= 0.6 is 0 Å². The molecule has 0 aliphatic rings. The van der Waals surface area contributed by atoms with Crippen LogP contribution in [0.5, 0.6) is 0 Å². The minimum absolute atomic E-state index is 0.280. The van der Waals surface area contributed by atoms with Crippen LogP contribution in [0.15, 0.2) is 46.9 Å². The average Bonchev–Trinajstić information content (AvgIpc) is 2.88. The molecule has 1 aromatic heterocycles. The predicted octanol–water partition coefficient (Wildman–Crippen LogP) is 4.43. The first-order valence-corrected chi connectivity index (χ1v) is 7.04. The molecule has 1 unspecified atom stereocenters. The Balaban J connectivity index is 1.91. The molecule has 21 heavy (non-hydrogen) atoms. The lowest BCUT2D eigenvalue weighted by Gasteiger charge is -2.12. The molecule has 0 aliphatic heterocycles. The van der Waals surface area contributed by atoms with Crippen LogP contribution in [0.2, 0.25) is 0 Å². The van der Waals surface area contributed by atoms with Gasteiger partial charge in [-0.2, -0.15) is 0 Å². The molecule has 2 nitrogen and oxygen atoms in total. The van der Waals surface area contributed by atoms with Crippen LogP contribution < -0.4 is 5.73 Å². The van der Waals surface area contributed by atoms with Crippen molar-refractivity contribution < 1.29 is 8.81 Å². The second kappa shape index (κ2) is 5.34. The summed E-state index contributed by atoms with van der Waals surface area (Å²) in [5, 5.41) is 0.751. The van der Waals surface area contributed by atoms with Gasteiger partial charge >= 0.3 is 0 Å². The normalized spacial score (nSPS) is 12.8. The monoisotopic (exact) mass is 283 g/mol. The first kappa shape index (κ1) is 13.8. The fraction of sp³-hybridized carbons (Fsp3) is 0.222. The fourth-order valence-corrected chi connectivity index (χ4v) is 2.59. The van der Waals surface area contributed by atoms with Crippen LogP contribution in [0.4, 0.5) is 4.39 Å². The van der Waals surface area contributed by atoms with E-state index in [1.807, 2.05) is 12.1 Å². The maximum Gasteiger partial charge on any atom is 0.169 e. The zero-order valence-corrected chi connectivity index (χ0v) is 12.2. The van der Waals surface area contributed by atoms with E-state index >= 15 is 0 Å². The van der Waals surface area contributed by atoms with Gasteiger partial charge in [-0.1, -0.05) is 35.9 Å². The standard InChI is InChI=1S/C18H18FNO/c1-11-6-7-12(2)14(8-11)9-16(20)17-10-13-4-3-5-15(19)18(13)21-17/h3-8,10,16H,9,20H2,1-2H3. The van der Waals surface area contributed by atoms with Gasteiger partial charge in [0.1, 0.15) is 5.76 Å². The number of hydrogen-bond acceptors (Lipinski definition) is 2. The van der Waals surface area contributed by atoms with Crippen molar-refractivity contribution in [3.05, 3.63) is 70.7 Å². The van der Waals surface area contributed by atoms with Crippen molar-refractivity contribution in [1.82, 2.24) is 0 Å². The van der Waals surface area contributed by atoms with E-state index in [9.17, 15) is 4.39 Å². The molecule has 0 amide bonds. The molecule has 3 aromatic rings. The summed E-state index contributed by atoms with van der Waals surface area (Å²) in [5.41, 5.74) is 10.1. The van der Waals surface area contributed by atoms with Crippen LogP contribution in [-0.2, 0) is 6.42 Å². The molecular weight excluding hydrogens is 265 g/mol. The van der Waals surface area contributed by atoms with Gasteiger partial charge < -0.3 is 10.2 Å². The molecule has 0 saturated carbocycles. The molecular formula is C18H18FNO. The molecule has 3 heteroatoms. The zero-order chi connectivity index (χ0) is 15.0. The predicted molar refractivity (Wildman–Crippen MR) is 82.7 cm³/mol. The molecule has 2 aromatic carbocycles. The van der Waals surface area contributed by atoms with Gasteiger partial charge in [-0.15, -0.1) is 0 Å². The minimum atomic E-state index is -0.349. The number of benzene rings is 2. The van der Waals surface area contributed by atoms with Crippen molar-refractivity contribution in [2.75, 3.05) is 0 Å². The lowest BCUT2D eigenvalue weighted by atomic mass is 9.98. The number of rotatable bonds is 3. The minimum Gasteiger partial charge on any atom is -0.456 e. The first-order chi connectivity index (χ1) is 10.0. The molecule has 1 heterocycles. The SMILES string of the molecule is Cc1ccc(C)c(CC(N)c2cc3cccc(F)c3o2)c1. The summed E-state index contributed by atoms with van der Waals surface area (Å²) in [4.78, 5) is 0. The van der Waals surface area contributed by atoms with Crippen LogP contribution in [-0.4, -0.2) is 0 Å². The van der Waals surface area contributed by atoms with Crippen LogP contribution in [0.3, 0.4) is 0 Å².